The fourth-order valence-corrected chi connectivity index (χ4v) is 2.73. The van der Waals surface area contributed by atoms with Crippen LogP contribution >= 0.6 is 0 Å². The molecule has 1 N–H and O–H groups in total. The zero-order valence-corrected chi connectivity index (χ0v) is 12.5. The van der Waals surface area contributed by atoms with Crippen LogP contribution in [0.1, 0.15) is 18.3 Å². The second kappa shape index (κ2) is 6.50. The molecule has 1 aliphatic rings. The number of ether oxygens (including phenoxy) is 1. The Morgan fingerprint density at radius 3 is 2.89 bits per heavy atom. The Labute approximate surface area is 115 Å². The minimum Gasteiger partial charge on any atom is -0.374 e. The highest BCUT2D eigenvalue weighted by atomic mass is 16.5. The van der Waals surface area contributed by atoms with Gasteiger partial charge in [0, 0.05) is 38.3 Å². The van der Waals surface area contributed by atoms with E-state index in [-0.39, 0.29) is 6.10 Å². The first-order chi connectivity index (χ1) is 9.10. The third-order valence-corrected chi connectivity index (χ3v) is 3.74. The minimum absolute atomic E-state index is 0.258. The first kappa shape index (κ1) is 14.5. The lowest BCUT2D eigenvalue weighted by Crippen LogP contribution is -2.52. The summed E-state index contributed by atoms with van der Waals surface area (Å²) >= 11 is 0. The molecule has 1 aliphatic heterocycles. The van der Waals surface area contributed by atoms with Crippen molar-refractivity contribution < 1.29 is 4.74 Å². The van der Waals surface area contributed by atoms with Gasteiger partial charge in [0.2, 0.25) is 0 Å². The Morgan fingerprint density at radius 2 is 2.32 bits per heavy atom. The van der Waals surface area contributed by atoms with E-state index in [0.29, 0.717) is 6.04 Å². The number of aryl methyl sites for hydroxylation is 2. The van der Waals surface area contributed by atoms with Gasteiger partial charge in [-0.2, -0.15) is 5.10 Å². The summed E-state index contributed by atoms with van der Waals surface area (Å²) in [4.78, 5) is 2.34. The van der Waals surface area contributed by atoms with E-state index in [4.69, 9.17) is 4.74 Å². The molecule has 5 heteroatoms. The molecule has 2 atom stereocenters. The number of nitrogens with one attached hydrogen (secondary N) is 1. The zero-order valence-electron chi connectivity index (χ0n) is 12.5. The summed E-state index contributed by atoms with van der Waals surface area (Å²) in [6, 6.07) is 2.51. The molecular weight excluding hydrogens is 240 g/mol. The Bertz CT molecular complexity index is 404. The molecule has 1 aromatic rings. The Balaban J connectivity index is 2.04. The van der Waals surface area contributed by atoms with Crippen molar-refractivity contribution in [2.75, 3.05) is 33.3 Å². The maximum Gasteiger partial charge on any atom is 0.0858 e. The first-order valence-corrected chi connectivity index (χ1v) is 7.13. The summed E-state index contributed by atoms with van der Waals surface area (Å²) in [5.74, 6) is 0. The van der Waals surface area contributed by atoms with Crippen LogP contribution in [0.5, 0.6) is 0 Å². The van der Waals surface area contributed by atoms with Crippen LogP contribution in [-0.4, -0.2) is 60.1 Å². The molecule has 19 heavy (non-hydrogen) atoms. The van der Waals surface area contributed by atoms with Crippen LogP contribution < -0.4 is 5.32 Å². The van der Waals surface area contributed by atoms with Crippen molar-refractivity contribution >= 4 is 0 Å². The monoisotopic (exact) mass is 266 g/mol. The van der Waals surface area contributed by atoms with Crippen LogP contribution in [0.4, 0.5) is 0 Å². The Hall–Kier alpha value is -0.910. The number of likely N-dealkylation sites (N-methyl/N-ethyl adjacent to an activating group) is 2. The van der Waals surface area contributed by atoms with E-state index in [1.54, 1.807) is 0 Å². The van der Waals surface area contributed by atoms with Crippen LogP contribution in [0.2, 0.25) is 0 Å². The Kier molecular flexibility index (Phi) is 4.96. The van der Waals surface area contributed by atoms with E-state index in [9.17, 15) is 0 Å². The minimum atomic E-state index is 0.258. The molecule has 5 nitrogen and oxygen atoms in total. The number of aromatic nitrogens is 2. The van der Waals surface area contributed by atoms with Crippen molar-refractivity contribution in [3.63, 3.8) is 0 Å². The lowest BCUT2D eigenvalue weighted by Gasteiger charge is -2.35. The summed E-state index contributed by atoms with van der Waals surface area (Å²) < 4.78 is 7.93. The lowest BCUT2D eigenvalue weighted by atomic mass is 10.0. The van der Waals surface area contributed by atoms with Crippen LogP contribution in [0.3, 0.4) is 0 Å². The van der Waals surface area contributed by atoms with Gasteiger partial charge in [-0.3, -0.25) is 4.68 Å². The fraction of sp³-hybridized carbons (Fsp3) is 0.786. The third-order valence-electron chi connectivity index (χ3n) is 3.74. The number of morpholine rings is 1. The summed E-state index contributed by atoms with van der Waals surface area (Å²) in [7, 11) is 4.17. The van der Waals surface area contributed by atoms with Gasteiger partial charge in [-0.25, -0.2) is 0 Å². The van der Waals surface area contributed by atoms with Crippen LogP contribution in [-0.2, 0) is 18.2 Å². The highest BCUT2D eigenvalue weighted by molar-refractivity contribution is 5.11. The Morgan fingerprint density at radius 1 is 1.53 bits per heavy atom. The van der Waals surface area contributed by atoms with Gasteiger partial charge in [0.25, 0.3) is 0 Å². The molecule has 1 fully saturated rings. The second-order valence-electron chi connectivity index (χ2n) is 5.44. The summed E-state index contributed by atoms with van der Waals surface area (Å²) in [5, 5.41) is 7.99. The molecule has 0 bridgehead atoms. The largest absolute Gasteiger partial charge is 0.374 e. The van der Waals surface area contributed by atoms with E-state index in [1.807, 2.05) is 18.7 Å². The number of hydrogen-bond acceptors (Lipinski definition) is 4. The summed E-state index contributed by atoms with van der Waals surface area (Å²) in [5.41, 5.74) is 2.34. The highest BCUT2D eigenvalue weighted by Gasteiger charge is 2.27. The summed E-state index contributed by atoms with van der Waals surface area (Å²) in [6.07, 6.45) is 1.22. The van der Waals surface area contributed by atoms with Crippen molar-refractivity contribution in [3.05, 3.63) is 17.5 Å². The normalized spacial score (nSPS) is 22.6. The van der Waals surface area contributed by atoms with E-state index < -0.39 is 0 Å². The van der Waals surface area contributed by atoms with Gasteiger partial charge in [-0.15, -0.1) is 0 Å². The molecule has 0 amide bonds. The fourth-order valence-electron chi connectivity index (χ4n) is 2.73. The van der Waals surface area contributed by atoms with Gasteiger partial charge in [-0.05, 0) is 26.6 Å². The summed E-state index contributed by atoms with van der Waals surface area (Å²) in [6.45, 7) is 8.00. The van der Waals surface area contributed by atoms with Crippen molar-refractivity contribution in [3.8, 4) is 0 Å². The zero-order chi connectivity index (χ0) is 13.8. The van der Waals surface area contributed by atoms with Gasteiger partial charge >= 0.3 is 0 Å². The molecule has 0 aliphatic carbocycles. The average Bonchev–Trinajstić information content (AvgIpc) is 2.67. The lowest BCUT2D eigenvalue weighted by molar-refractivity contribution is -0.0384. The van der Waals surface area contributed by atoms with E-state index in [2.05, 4.69) is 35.4 Å². The van der Waals surface area contributed by atoms with Crippen molar-refractivity contribution in [1.82, 2.24) is 20.0 Å². The van der Waals surface area contributed by atoms with Crippen molar-refractivity contribution in [2.24, 2.45) is 7.05 Å². The SMILES string of the molecule is CCNC(Cc1cc(C)nn1C)C1CN(C)CCO1. The molecular formula is C14H26N4O. The highest BCUT2D eigenvalue weighted by Crippen LogP contribution is 2.13. The maximum absolute atomic E-state index is 5.95. The average molecular weight is 266 g/mol. The van der Waals surface area contributed by atoms with E-state index in [0.717, 1.165) is 38.4 Å². The predicted octanol–water partition coefficient (Wildman–Crippen LogP) is 0.580. The molecule has 1 aromatic heterocycles. The second-order valence-corrected chi connectivity index (χ2v) is 5.44. The topological polar surface area (TPSA) is 42.3 Å². The van der Waals surface area contributed by atoms with Crippen molar-refractivity contribution in [2.45, 2.75) is 32.4 Å². The number of rotatable bonds is 5. The first-order valence-electron chi connectivity index (χ1n) is 7.13. The molecule has 0 saturated carbocycles. The standard InChI is InChI=1S/C14H26N4O/c1-5-15-13(14-10-17(3)6-7-19-14)9-12-8-11(2)16-18(12)4/h8,13-15H,5-7,9-10H2,1-4H3. The van der Waals surface area contributed by atoms with E-state index in [1.165, 1.54) is 5.69 Å². The van der Waals surface area contributed by atoms with Crippen LogP contribution in [0.25, 0.3) is 0 Å². The van der Waals surface area contributed by atoms with Crippen LogP contribution in [0, 0.1) is 6.92 Å². The van der Waals surface area contributed by atoms with Crippen molar-refractivity contribution in [1.29, 1.82) is 0 Å². The maximum atomic E-state index is 5.95. The molecule has 2 heterocycles. The third kappa shape index (κ3) is 3.78. The smallest absolute Gasteiger partial charge is 0.0858 e. The van der Waals surface area contributed by atoms with Gasteiger partial charge in [0.1, 0.15) is 0 Å². The molecule has 0 aromatic carbocycles. The van der Waals surface area contributed by atoms with Crippen LogP contribution in [0.15, 0.2) is 6.07 Å². The van der Waals surface area contributed by atoms with Gasteiger partial charge in [-0.1, -0.05) is 6.92 Å². The van der Waals surface area contributed by atoms with Gasteiger partial charge in [0.05, 0.1) is 18.4 Å². The van der Waals surface area contributed by atoms with Gasteiger partial charge in [0.15, 0.2) is 0 Å². The van der Waals surface area contributed by atoms with Gasteiger partial charge < -0.3 is 15.0 Å². The molecule has 108 valence electrons. The quantitative estimate of drug-likeness (QED) is 0.846. The molecule has 2 unspecified atom stereocenters. The molecule has 0 spiro atoms. The number of nitrogens with zero attached hydrogens (tertiary/aromatic N) is 3. The molecule has 2 rings (SSSR count). The molecule has 1 saturated heterocycles. The number of hydrogen-bond donors (Lipinski definition) is 1. The van der Waals surface area contributed by atoms with E-state index >= 15 is 0 Å². The predicted molar refractivity (Wildman–Crippen MR) is 76.4 cm³/mol. The molecule has 0 radical (unpaired) electrons.